The molecule has 0 spiro atoms. The van der Waals surface area contributed by atoms with Crippen LogP contribution in [0.1, 0.15) is 33.6 Å². The third-order valence-corrected chi connectivity index (χ3v) is 4.22. The molecule has 0 radical (unpaired) electrons. The van der Waals surface area contributed by atoms with E-state index in [2.05, 4.69) is 31.1 Å². The number of aliphatic imine (C=N–C) groups is 1. The van der Waals surface area contributed by atoms with Crippen molar-refractivity contribution in [3.8, 4) is 0 Å². The average Bonchev–Trinajstić information content (AvgIpc) is 2.67. The van der Waals surface area contributed by atoms with Gasteiger partial charge in [0.05, 0.1) is 19.2 Å². The van der Waals surface area contributed by atoms with Gasteiger partial charge >= 0.3 is 0 Å². The van der Waals surface area contributed by atoms with Crippen LogP contribution in [0.25, 0.3) is 0 Å². The molecule has 2 unspecified atom stereocenters. The minimum Gasteiger partial charge on any atom is -0.383 e. The molecule has 0 aliphatic carbocycles. The first-order chi connectivity index (χ1) is 7.67. The number of thioether (sulfide) groups is 1. The molecule has 2 atom stereocenters. The number of nitrogens with zero attached hydrogens (tertiary/aromatic N) is 1. The van der Waals surface area contributed by atoms with Gasteiger partial charge in [0, 0.05) is 12.4 Å². The molecule has 1 heterocycles. The highest BCUT2D eigenvalue weighted by atomic mass is 32.2. The number of rotatable bonds is 6. The van der Waals surface area contributed by atoms with E-state index in [4.69, 9.17) is 4.74 Å². The van der Waals surface area contributed by atoms with E-state index in [1.165, 1.54) is 6.42 Å². The Morgan fingerprint density at radius 3 is 2.81 bits per heavy atom. The van der Waals surface area contributed by atoms with Crippen LogP contribution in [0.3, 0.4) is 0 Å². The van der Waals surface area contributed by atoms with Gasteiger partial charge in [-0.05, 0) is 12.3 Å². The van der Waals surface area contributed by atoms with Gasteiger partial charge in [0.25, 0.3) is 0 Å². The van der Waals surface area contributed by atoms with E-state index in [1.54, 1.807) is 7.11 Å². The van der Waals surface area contributed by atoms with Gasteiger partial charge < -0.3 is 10.1 Å². The zero-order chi connectivity index (χ0) is 12.0. The van der Waals surface area contributed by atoms with Crippen LogP contribution in [0, 0.1) is 5.92 Å². The number of amidine groups is 1. The molecule has 0 aromatic carbocycles. The summed E-state index contributed by atoms with van der Waals surface area (Å²) in [5.41, 5.74) is 0. The molecule has 3 nitrogen and oxygen atoms in total. The third-order valence-electron chi connectivity index (χ3n) is 2.75. The Kier molecular flexibility index (Phi) is 6.21. The molecule has 0 aromatic heterocycles. The molecule has 94 valence electrons. The lowest BCUT2D eigenvalue weighted by molar-refractivity contribution is 0.170. The largest absolute Gasteiger partial charge is 0.383 e. The molecule has 1 aliphatic rings. The standard InChI is InChI=1S/C12H24N2OS/c1-5-6-10(8-15-4)14-12-13-7-11(16-12)9(2)3/h9-11H,5-8H2,1-4H3,(H,13,14). The molecule has 4 heteroatoms. The lowest BCUT2D eigenvalue weighted by atomic mass is 10.1. The summed E-state index contributed by atoms with van der Waals surface area (Å²) in [6, 6.07) is 0.409. The summed E-state index contributed by atoms with van der Waals surface area (Å²) >= 11 is 1.88. The fourth-order valence-corrected chi connectivity index (χ4v) is 2.83. The van der Waals surface area contributed by atoms with Crippen molar-refractivity contribution in [1.82, 2.24) is 5.32 Å². The summed E-state index contributed by atoms with van der Waals surface area (Å²) in [5.74, 6) is 0.695. The van der Waals surface area contributed by atoms with Crippen molar-refractivity contribution >= 4 is 16.9 Å². The average molecular weight is 244 g/mol. The zero-order valence-electron chi connectivity index (χ0n) is 10.8. The smallest absolute Gasteiger partial charge is 0.157 e. The zero-order valence-corrected chi connectivity index (χ0v) is 11.6. The van der Waals surface area contributed by atoms with Crippen LogP contribution in [-0.4, -0.2) is 36.7 Å². The highest BCUT2D eigenvalue weighted by Crippen LogP contribution is 2.26. The van der Waals surface area contributed by atoms with Gasteiger partial charge in [-0.1, -0.05) is 39.0 Å². The second-order valence-electron chi connectivity index (χ2n) is 4.63. The molecule has 0 fully saturated rings. The van der Waals surface area contributed by atoms with Crippen molar-refractivity contribution in [2.75, 3.05) is 20.3 Å². The van der Waals surface area contributed by atoms with Crippen LogP contribution >= 0.6 is 11.8 Å². The van der Waals surface area contributed by atoms with Gasteiger partial charge in [-0.2, -0.15) is 0 Å². The molecule has 0 saturated carbocycles. The maximum Gasteiger partial charge on any atom is 0.157 e. The quantitative estimate of drug-likeness (QED) is 0.779. The van der Waals surface area contributed by atoms with E-state index in [0.717, 1.165) is 24.7 Å². The van der Waals surface area contributed by atoms with Crippen LogP contribution in [0.15, 0.2) is 4.99 Å². The van der Waals surface area contributed by atoms with Crippen molar-refractivity contribution in [3.05, 3.63) is 0 Å². The fourth-order valence-electron chi connectivity index (χ4n) is 1.74. The highest BCUT2D eigenvalue weighted by Gasteiger charge is 2.23. The molecule has 16 heavy (non-hydrogen) atoms. The van der Waals surface area contributed by atoms with E-state index in [1.807, 2.05) is 11.8 Å². The van der Waals surface area contributed by atoms with Crippen molar-refractivity contribution in [3.63, 3.8) is 0 Å². The van der Waals surface area contributed by atoms with Crippen molar-refractivity contribution in [1.29, 1.82) is 0 Å². The van der Waals surface area contributed by atoms with Gasteiger partial charge in [-0.3, -0.25) is 4.99 Å². The topological polar surface area (TPSA) is 33.6 Å². The molecular weight excluding hydrogens is 220 g/mol. The Bertz CT molecular complexity index is 225. The van der Waals surface area contributed by atoms with Gasteiger partial charge in [0.2, 0.25) is 0 Å². The van der Waals surface area contributed by atoms with E-state index in [0.29, 0.717) is 17.2 Å². The Morgan fingerprint density at radius 2 is 2.31 bits per heavy atom. The van der Waals surface area contributed by atoms with Gasteiger partial charge in [0.15, 0.2) is 5.17 Å². The van der Waals surface area contributed by atoms with E-state index in [-0.39, 0.29) is 0 Å². The first-order valence-corrected chi connectivity index (χ1v) is 7.01. The molecule has 0 aromatic rings. The fraction of sp³-hybridized carbons (Fsp3) is 0.917. The van der Waals surface area contributed by atoms with Crippen molar-refractivity contribution < 1.29 is 4.74 Å². The summed E-state index contributed by atoms with van der Waals surface area (Å²) < 4.78 is 5.21. The van der Waals surface area contributed by atoms with Crippen LogP contribution in [0.5, 0.6) is 0 Å². The van der Waals surface area contributed by atoms with Crippen LogP contribution in [0.2, 0.25) is 0 Å². The van der Waals surface area contributed by atoms with Gasteiger partial charge in [-0.25, -0.2) is 0 Å². The summed E-state index contributed by atoms with van der Waals surface area (Å²) in [6.45, 7) is 8.44. The number of hydrogen-bond donors (Lipinski definition) is 1. The monoisotopic (exact) mass is 244 g/mol. The van der Waals surface area contributed by atoms with Gasteiger partial charge in [-0.15, -0.1) is 0 Å². The predicted octanol–water partition coefficient (Wildman–Crippen LogP) is 2.52. The second-order valence-corrected chi connectivity index (χ2v) is 5.86. The summed E-state index contributed by atoms with van der Waals surface area (Å²) in [4.78, 5) is 4.56. The minimum atomic E-state index is 0.409. The molecule has 1 N–H and O–H groups in total. The summed E-state index contributed by atoms with van der Waals surface area (Å²) in [5, 5.41) is 5.24. The second kappa shape index (κ2) is 7.17. The number of nitrogens with one attached hydrogen (secondary N) is 1. The molecular formula is C12H24N2OS. The summed E-state index contributed by atoms with van der Waals surface area (Å²) in [6.07, 6.45) is 2.31. The van der Waals surface area contributed by atoms with Crippen molar-refractivity contribution in [2.24, 2.45) is 10.9 Å². The Morgan fingerprint density at radius 1 is 1.56 bits per heavy atom. The van der Waals surface area contributed by atoms with Crippen LogP contribution in [0.4, 0.5) is 0 Å². The van der Waals surface area contributed by atoms with E-state index >= 15 is 0 Å². The first-order valence-electron chi connectivity index (χ1n) is 6.14. The van der Waals surface area contributed by atoms with Crippen LogP contribution in [-0.2, 0) is 4.74 Å². The Hall–Kier alpha value is -0.220. The lowest BCUT2D eigenvalue weighted by Crippen LogP contribution is -2.36. The maximum absolute atomic E-state index is 5.21. The highest BCUT2D eigenvalue weighted by molar-refractivity contribution is 8.14. The molecule has 1 rings (SSSR count). The maximum atomic E-state index is 5.21. The van der Waals surface area contributed by atoms with Crippen molar-refractivity contribution in [2.45, 2.75) is 44.9 Å². The number of ether oxygens (including phenoxy) is 1. The molecule has 0 bridgehead atoms. The lowest BCUT2D eigenvalue weighted by Gasteiger charge is -2.18. The molecule has 0 saturated heterocycles. The van der Waals surface area contributed by atoms with E-state index in [9.17, 15) is 0 Å². The third kappa shape index (κ3) is 4.34. The minimum absolute atomic E-state index is 0.409. The Labute approximate surface area is 103 Å². The summed E-state index contributed by atoms with van der Waals surface area (Å²) in [7, 11) is 1.75. The number of hydrogen-bond acceptors (Lipinski definition) is 4. The number of methoxy groups -OCH3 is 1. The Balaban J connectivity index is 2.35. The normalized spacial score (nSPS) is 22.3. The van der Waals surface area contributed by atoms with Gasteiger partial charge in [0.1, 0.15) is 0 Å². The van der Waals surface area contributed by atoms with Crippen LogP contribution < -0.4 is 5.32 Å². The van der Waals surface area contributed by atoms with E-state index < -0.39 is 0 Å². The molecule has 1 aliphatic heterocycles. The SMILES string of the molecule is CCCC(COC)NC1=NCC(C(C)C)S1. The first kappa shape index (κ1) is 13.8. The predicted molar refractivity (Wildman–Crippen MR) is 72.2 cm³/mol. The molecule has 0 amide bonds.